The second kappa shape index (κ2) is 13.9. The second-order valence-electron chi connectivity index (χ2n) is 12.4. The predicted octanol–water partition coefficient (Wildman–Crippen LogP) is 7.68. The maximum absolute atomic E-state index is 7.29. The molecule has 0 spiro atoms. The Hall–Kier alpha value is -4.22. The van der Waals surface area contributed by atoms with Gasteiger partial charge < -0.3 is 9.47 Å². The summed E-state index contributed by atoms with van der Waals surface area (Å²) in [5, 5.41) is 7.96. The summed E-state index contributed by atoms with van der Waals surface area (Å²) < 4.78 is 14.6. The van der Waals surface area contributed by atoms with Gasteiger partial charge in [0.25, 0.3) is 0 Å². The fourth-order valence-corrected chi connectivity index (χ4v) is 11.9. The third-order valence-corrected chi connectivity index (χ3v) is 14.1. The zero-order valence-electron chi connectivity index (χ0n) is 26.4. The Morgan fingerprint density at radius 2 is 0.723 bits per heavy atom. The summed E-state index contributed by atoms with van der Waals surface area (Å²) >= 11 is 0. The molecule has 232 valence electrons. The van der Waals surface area contributed by atoms with Crippen LogP contribution in [0.2, 0.25) is 0 Å². The molecule has 0 saturated carbocycles. The largest absolute Gasteiger partial charge is 0.489 e. The number of benzene rings is 6. The van der Waals surface area contributed by atoms with Gasteiger partial charge in [-0.2, -0.15) is 0 Å². The van der Waals surface area contributed by atoms with Gasteiger partial charge in [0.1, 0.15) is 23.7 Å². The minimum absolute atomic E-state index is 0.0624. The SMILES string of the molecule is c1ccc(P(c2ccccc2)c2cccc3c2O[C@@H]2CCC[C@H](C3)Oc3c(cccc3P(c3ccccc3)c3ccccc3)C2)cc1. The lowest BCUT2D eigenvalue weighted by Crippen LogP contribution is -2.30. The number of hydrogen-bond acceptors (Lipinski definition) is 2. The molecule has 0 unspecified atom stereocenters. The highest BCUT2D eigenvalue weighted by Gasteiger charge is 2.32. The molecule has 6 aromatic rings. The first-order valence-corrected chi connectivity index (χ1v) is 19.4. The lowest BCUT2D eigenvalue weighted by Gasteiger charge is -2.30. The molecule has 47 heavy (non-hydrogen) atoms. The van der Waals surface area contributed by atoms with Gasteiger partial charge in [0.05, 0.1) is 0 Å². The molecule has 0 radical (unpaired) electrons. The number of rotatable bonds is 6. The van der Waals surface area contributed by atoms with Crippen molar-refractivity contribution in [3.05, 3.63) is 169 Å². The van der Waals surface area contributed by atoms with Crippen molar-refractivity contribution in [3.63, 3.8) is 0 Å². The molecule has 8 rings (SSSR count). The molecule has 0 aliphatic carbocycles. The average Bonchev–Trinajstić information content (AvgIpc) is 3.27. The monoisotopic (exact) mass is 648 g/mol. The normalized spacial score (nSPS) is 17.2. The van der Waals surface area contributed by atoms with E-state index in [1.807, 2.05) is 0 Å². The molecule has 0 amide bonds. The van der Waals surface area contributed by atoms with Gasteiger partial charge in [-0.15, -0.1) is 0 Å². The number of para-hydroxylation sites is 2. The fourth-order valence-electron chi connectivity index (χ4n) is 7.05. The van der Waals surface area contributed by atoms with Crippen LogP contribution in [0.4, 0.5) is 0 Å². The van der Waals surface area contributed by atoms with Gasteiger partial charge in [-0.3, -0.25) is 0 Å². The minimum atomic E-state index is -0.796. The highest BCUT2D eigenvalue weighted by molar-refractivity contribution is 7.80. The second-order valence-corrected chi connectivity index (χ2v) is 16.7. The van der Waals surface area contributed by atoms with Crippen molar-refractivity contribution < 1.29 is 9.47 Å². The van der Waals surface area contributed by atoms with Crippen LogP contribution in [0.3, 0.4) is 0 Å². The third kappa shape index (κ3) is 6.38. The van der Waals surface area contributed by atoms with Crippen molar-refractivity contribution in [2.24, 2.45) is 0 Å². The van der Waals surface area contributed by atoms with Crippen LogP contribution < -0.4 is 41.3 Å². The zero-order valence-corrected chi connectivity index (χ0v) is 28.2. The van der Waals surface area contributed by atoms with Gasteiger partial charge in [0, 0.05) is 23.5 Å². The summed E-state index contributed by atoms with van der Waals surface area (Å²) in [7, 11) is -1.59. The van der Waals surface area contributed by atoms with Crippen molar-refractivity contribution in [1.82, 2.24) is 0 Å². The molecule has 0 fully saturated rings. The maximum atomic E-state index is 7.29. The van der Waals surface area contributed by atoms with Gasteiger partial charge in [-0.1, -0.05) is 158 Å². The van der Waals surface area contributed by atoms with E-state index in [-0.39, 0.29) is 12.2 Å². The van der Waals surface area contributed by atoms with E-state index in [9.17, 15) is 0 Å². The first-order valence-electron chi connectivity index (χ1n) is 16.7. The van der Waals surface area contributed by atoms with Gasteiger partial charge in [-0.25, -0.2) is 0 Å². The van der Waals surface area contributed by atoms with E-state index >= 15 is 0 Å². The van der Waals surface area contributed by atoms with Gasteiger partial charge in [-0.05, 0) is 67.5 Å². The summed E-state index contributed by atoms with van der Waals surface area (Å²) in [6, 6.07) is 57.5. The lowest BCUT2D eigenvalue weighted by molar-refractivity contribution is 0.189. The number of ether oxygens (including phenoxy) is 2. The van der Waals surface area contributed by atoms with Crippen LogP contribution >= 0.6 is 15.8 Å². The molecule has 2 nitrogen and oxygen atoms in total. The molecule has 4 heteroatoms. The van der Waals surface area contributed by atoms with Crippen LogP contribution in [0.15, 0.2) is 158 Å². The smallest absolute Gasteiger partial charge is 0.131 e. The maximum Gasteiger partial charge on any atom is 0.131 e. The van der Waals surface area contributed by atoms with E-state index in [0.717, 1.165) is 43.6 Å². The van der Waals surface area contributed by atoms with Crippen LogP contribution in [-0.4, -0.2) is 12.2 Å². The van der Waals surface area contributed by atoms with Crippen molar-refractivity contribution in [2.45, 2.75) is 44.3 Å². The Kier molecular flexibility index (Phi) is 8.89. The Labute approximate surface area is 280 Å². The number of fused-ring (bicyclic) bond motifs is 6. The minimum Gasteiger partial charge on any atom is -0.489 e. The quantitative estimate of drug-likeness (QED) is 0.173. The molecule has 0 saturated heterocycles. The third-order valence-electron chi connectivity index (χ3n) is 9.21. The van der Waals surface area contributed by atoms with E-state index in [4.69, 9.17) is 9.47 Å². The summed E-state index contributed by atoms with van der Waals surface area (Å²) in [5.74, 6) is 2.14. The highest BCUT2D eigenvalue weighted by atomic mass is 31.1. The molecule has 0 N–H and O–H groups in total. The van der Waals surface area contributed by atoms with Gasteiger partial charge in [0.2, 0.25) is 0 Å². The molecule has 6 aromatic carbocycles. The molecule has 2 heterocycles. The lowest BCUT2D eigenvalue weighted by atomic mass is 10.0. The molecule has 0 aromatic heterocycles. The Balaban J connectivity index is 1.24. The van der Waals surface area contributed by atoms with E-state index in [1.54, 1.807) is 0 Å². The summed E-state index contributed by atoms with van der Waals surface area (Å²) in [6.45, 7) is 0. The summed E-state index contributed by atoms with van der Waals surface area (Å²) in [6.07, 6.45) is 4.88. The molecular weight excluding hydrogens is 610 g/mol. The fraction of sp³-hybridized carbons (Fsp3) is 0.163. The van der Waals surface area contributed by atoms with Crippen LogP contribution in [0.25, 0.3) is 0 Å². The average molecular weight is 649 g/mol. The summed E-state index contributed by atoms with van der Waals surface area (Å²) in [5.41, 5.74) is 2.51. The van der Waals surface area contributed by atoms with Crippen molar-refractivity contribution in [2.75, 3.05) is 0 Å². The van der Waals surface area contributed by atoms with Crippen molar-refractivity contribution in [3.8, 4) is 11.5 Å². The zero-order chi connectivity index (χ0) is 31.4. The molecular formula is C43H38O2P2. The highest BCUT2D eigenvalue weighted by Crippen LogP contribution is 2.43. The van der Waals surface area contributed by atoms with Crippen LogP contribution in [-0.2, 0) is 12.8 Å². The van der Waals surface area contributed by atoms with Crippen molar-refractivity contribution >= 4 is 47.7 Å². The Morgan fingerprint density at radius 1 is 0.383 bits per heavy atom. The topological polar surface area (TPSA) is 18.5 Å². The first-order chi connectivity index (χ1) is 23.3. The predicted molar refractivity (Wildman–Crippen MR) is 200 cm³/mol. The molecule has 2 aliphatic heterocycles. The van der Waals surface area contributed by atoms with E-state index in [0.29, 0.717) is 0 Å². The number of hydrogen-bond donors (Lipinski definition) is 0. The Morgan fingerprint density at radius 3 is 1.06 bits per heavy atom. The van der Waals surface area contributed by atoms with Crippen molar-refractivity contribution in [1.29, 1.82) is 0 Å². The molecule has 2 aliphatic rings. The standard InChI is InChI=1S/C43H38O2P2/c1-5-20-36(21-6-1)46(37-22-7-2-8-23-37)40-28-13-16-32-30-35-19-15-18-34(44-42(32)40)31-33-17-14-29-41(43(33)45-35)47(38-24-9-3-10-25-38)39-26-11-4-12-27-39/h1-14,16-17,20-29,34-35H,15,18-19,30-31H2/t34-,35-/m1/s1. The summed E-state index contributed by atoms with van der Waals surface area (Å²) in [4.78, 5) is 0. The van der Waals surface area contributed by atoms with E-state index < -0.39 is 15.8 Å². The van der Waals surface area contributed by atoms with E-state index in [1.165, 1.54) is 43.0 Å². The van der Waals surface area contributed by atoms with Gasteiger partial charge >= 0.3 is 0 Å². The first kappa shape index (κ1) is 30.1. The van der Waals surface area contributed by atoms with Crippen LogP contribution in [0.5, 0.6) is 11.5 Å². The molecule has 2 bridgehead atoms. The Bertz CT molecular complexity index is 1710. The van der Waals surface area contributed by atoms with Crippen LogP contribution in [0, 0.1) is 0 Å². The van der Waals surface area contributed by atoms with Crippen LogP contribution in [0.1, 0.15) is 30.4 Å². The molecule has 2 atom stereocenters. The van der Waals surface area contributed by atoms with Gasteiger partial charge in [0.15, 0.2) is 0 Å². The van der Waals surface area contributed by atoms with E-state index in [2.05, 4.69) is 158 Å².